The molecule has 0 bridgehead atoms. The average molecular weight is 288 g/mol. The number of hydrogen-bond donors (Lipinski definition) is 1. The van der Waals surface area contributed by atoms with Crippen molar-refractivity contribution in [1.29, 1.82) is 0 Å². The zero-order valence-electron chi connectivity index (χ0n) is 12.1. The first-order valence-electron chi connectivity index (χ1n) is 6.68. The normalized spacial score (nSPS) is 10.6. The van der Waals surface area contributed by atoms with Crippen molar-refractivity contribution >= 4 is 29.0 Å². The van der Waals surface area contributed by atoms with E-state index >= 15 is 0 Å². The van der Waals surface area contributed by atoms with Crippen LogP contribution in [0.1, 0.15) is 19.2 Å². The van der Waals surface area contributed by atoms with Gasteiger partial charge in [-0.2, -0.15) is 0 Å². The average Bonchev–Trinajstić information content (AvgIpc) is 2.48. The summed E-state index contributed by atoms with van der Waals surface area (Å²) in [6.07, 6.45) is 3.00. The van der Waals surface area contributed by atoms with E-state index in [4.69, 9.17) is 5.73 Å². The number of hydrogen-bond acceptors (Lipinski definition) is 5. The van der Waals surface area contributed by atoms with E-state index < -0.39 is 0 Å². The Hall–Kier alpha value is -1.75. The summed E-state index contributed by atoms with van der Waals surface area (Å²) in [5.74, 6) is 1.55. The van der Waals surface area contributed by atoms with E-state index in [0.29, 0.717) is 5.69 Å². The van der Waals surface area contributed by atoms with Gasteiger partial charge in [-0.3, -0.25) is 0 Å². The summed E-state index contributed by atoms with van der Waals surface area (Å²) in [5, 5.41) is 0.838. The number of benzene rings is 1. The minimum absolute atomic E-state index is 0.653. The molecular weight excluding hydrogens is 268 g/mol. The Morgan fingerprint density at radius 2 is 1.90 bits per heavy atom. The molecule has 0 amide bonds. The molecule has 0 aliphatic heterocycles. The lowest BCUT2D eigenvalue weighted by atomic mass is 10.2. The third kappa shape index (κ3) is 3.04. The van der Waals surface area contributed by atoms with Crippen molar-refractivity contribution in [3.8, 4) is 0 Å². The fraction of sp³-hybridized carbons (Fsp3) is 0.333. The molecule has 2 aromatic rings. The van der Waals surface area contributed by atoms with Crippen LogP contribution in [0.5, 0.6) is 0 Å². The van der Waals surface area contributed by atoms with Gasteiger partial charge in [0.1, 0.15) is 16.5 Å². The molecular formula is C15H20N4S. The standard InChI is InChI=1S/C15H20N4S/c1-4-10-19(12-8-6-5-7-9-12)14-13(16)15(20-3)18-11(2)17-14/h5-9H,4,10,16H2,1-3H3. The van der Waals surface area contributed by atoms with Gasteiger partial charge in [0.05, 0.1) is 0 Å². The number of anilines is 3. The molecule has 0 saturated carbocycles. The lowest BCUT2D eigenvalue weighted by Gasteiger charge is -2.25. The van der Waals surface area contributed by atoms with Crippen LogP contribution in [0.25, 0.3) is 0 Å². The summed E-state index contributed by atoms with van der Waals surface area (Å²) < 4.78 is 0. The van der Waals surface area contributed by atoms with E-state index in [9.17, 15) is 0 Å². The summed E-state index contributed by atoms with van der Waals surface area (Å²) >= 11 is 1.55. The zero-order chi connectivity index (χ0) is 14.5. The predicted octanol–water partition coefficient (Wildman–Crippen LogP) is 3.64. The molecule has 0 aliphatic rings. The molecule has 4 nitrogen and oxygen atoms in total. The van der Waals surface area contributed by atoms with E-state index in [1.165, 1.54) is 0 Å². The third-order valence-electron chi connectivity index (χ3n) is 2.97. The van der Waals surface area contributed by atoms with Gasteiger partial charge in [0, 0.05) is 12.2 Å². The molecule has 0 spiro atoms. The molecule has 0 radical (unpaired) electrons. The molecule has 1 heterocycles. The first kappa shape index (κ1) is 14.7. The smallest absolute Gasteiger partial charge is 0.161 e. The Morgan fingerprint density at radius 3 is 2.50 bits per heavy atom. The summed E-state index contributed by atoms with van der Waals surface area (Å²) in [4.78, 5) is 11.1. The van der Waals surface area contributed by atoms with Crippen molar-refractivity contribution < 1.29 is 0 Å². The third-order valence-corrected chi connectivity index (χ3v) is 3.66. The largest absolute Gasteiger partial charge is 0.394 e. The van der Waals surface area contributed by atoms with Crippen LogP contribution in [-0.4, -0.2) is 22.8 Å². The van der Waals surface area contributed by atoms with E-state index in [-0.39, 0.29) is 0 Å². The minimum atomic E-state index is 0.653. The second-order valence-electron chi connectivity index (χ2n) is 4.50. The Kier molecular flexibility index (Phi) is 4.84. The van der Waals surface area contributed by atoms with Gasteiger partial charge in [-0.05, 0) is 31.7 Å². The maximum absolute atomic E-state index is 6.24. The van der Waals surface area contributed by atoms with Crippen molar-refractivity contribution in [2.75, 3.05) is 23.4 Å². The van der Waals surface area contributed by atoms with Gasteiger partial charge in [0.2, 0.25) is 0 Å². The second kappa shape index (κ2) is 6.61. The van der Waals surface area contributed by atoms with Crippen molar-refractivity contribution in [1.82, 2.24) is 9.97 Å². The van der Waals surface area contributed by atoms with Crippen LogP contribution in [0.15, 0.2) is 35.4 Å². The molecule has 1 aromatic carbocycles. The number of aryl methyl sites for hydroxylation is 1. The minimum Gasteiger partial charge on any atom is -0.394 e. The van der Waals surface area contributed by atoms with Gasteiger partial charge in [-0.25, -0.2) is 9.97 Å². The van der Waals surface area contributed by atoms with Gasteiger partial charge in [-0.15, -0.1) is 11.8 Å². The molecule has 106 valence electrons. The molecule has 5 heteroatoms. The van der Waals surface area contributed by atoms with Crippen molar-refractivity contribution in [2.24, 2.45) is 0 Å². The lowest BCUT2D eigenvalue weighted by molar-refractivity contribution is 0.853. The van der Waals surface area contributed by atoms with Crippen molar-refractivity contribution in [3.05, 3.63) is 36.2 Å². The summed E-state index contributed by atoms with van der Waals surface area (Å²) in [5.41, 5.74) is 8.00. The van der Waals surface area contributed by atoms with Crippen LogP contribution in [-0.2, 0) is 0 Å². The topological polar surface area (TPSA) is 55.0 Å². The lowest BCUT2D eigenvalue weighted by Crippen LogP contribution is -2.21. The molecule has 0 unspecified atom stereocenters. The summed E-state index contributed by atoms with van der Waals surface area (Å²) in [6, 6.07) is 10.2. The highest BCUT2D eigenvalue weighted by molar-refractivity contribution is 7.98. The van der Waals surface area contributed by atoms with E-state index in [1.54, 1.807) is 11.8 Å². The first-order chi connectivity index (χ1) is 9.67. The van der Waals surface area contributed by atoms with Crippen molar-refractivity contribution in [2.45, 2.75) is 25.3 Å². The summed E-state index contributed by atoms with van der Waals surface area (Å²) in [7, 11) is 0. The molecule has 0 atom stereocenters. The molecule has 2 rings (SSSR count). The number of thioether (sulfide) groups is 1. The SMILES string of the molecule is CCCN(c1ccccc1)c1nc(C)nc(SC)c1N. The Morgan fingerprint density at radius 1 is 1.20 bits per heavy atom. The quantitative estimate of drug-likeness (QED) is 0.672. The van der Waals surface area contributed by atoms with Crippen LogP contribution in [0.2, 0.25) is 0 Å². The van der Waals surface area contributed by atoms with E-state index in [0.717, 1.165) is 35.3 Å². The zero-order valence-corrected chi connectivity index (χ0v) is 12.9. The highest BCUT2D eigenvalue weighted by Crippen LogP contribution is 2.33. The monoisotopic (exact) mass is 288 g/mol. The van der Waals surface area contributed by atoms with Crippen LogP contribution in [0.4, 0.5) is 17.2 Å². The van der Waals surface area contributed by atoms with Crippen LogP contribution in [0.3, 0.4) is 0 Å². The number of nitrogen functional groups attached to an aromatic ring is 1. The maximum Gasteiger partial charge on any atom is 0.161 e. The van der Waals surface area contributed by atoms with Gasteiger partial charge >= 0.3 is 0 Å². The number of aromatic nitrogens is 2. The fourth-order valence-corrected chi connectivity index (χ4v) is 2.63. The van der Waals surface area contributed by atoms with Gasteiger partial charge in [0.25, 0.3) is 0 Å². The Balaban J connectivity index is 2.52. The predicted molar refractivity (Wildman–Crippen MR) is 86.7 cm³/mol. The number of nitrogens with zero attached hydrogens (tertiary/aromatic N) is 3. The number of nitrogens with two attached hydrogens (primary N) is 1. The van der Waals surface area contributed by atoms with Gasteiger partial charge in [0.15, 0.2) is 5.82 Å². The molecule has 0 saturated heterocycles. The summed E-state index contributed by atoms with van der Waals surface area (Å²) in [6.45, 7) is 4.92. The van der Waals surface area contributed by atoms with Gasteiger partial charge < -0.3 is 10.6 Å². The van der Waals surface area contributed by atoms with Crippen LogP contribution >= 0.6 is 11.8 Å². The van der Waals surface area contributed by atoms with E-state index in [2.05, 4.69) is 33.9 Å². The highest BCUT2D eigenvalue weighted by atomic mass is 32.2. The van der Waals surface area contributed by atoms with Crippen molar-refractivity contribution in [3.63, 3.8) is 0 Å². The fourth-order valence-electron chi connectivity index (χ4n) is 2.09. The molecule has 1 aromatic heterocycles. The van der Waals surface area contributed by atoms with Gasteiger partial charge in [-0.1, -0.05) is 25.1 Å². The van der Waals surface area contributed by atoms with E-state index in [1.807, 2.05) is 31.4 Å². The number of rotatable bonds is 5. The second-order valence-corrected chi connectivity index (χ2v) is 5.30. The maximum atomic E-state index is 6.24. The van der Waals surface area contributed by atoms with Crippen LogP contribution < -0.4 is 10.6 Å². The molecule has 20 heavy (non-hydrogen) atoms. The molecule has 0 fully saturated rings. The first-order valence-corrected chi connectivity index (χ1v) is 7.90. The Labute approximate surface area is 124 Å². The Bertz CT molecular complexity index is 572. The molecule has 0 aliphatic carbocycles. The highest BCUT2D eigenvalue weighted by Gasteiger charge is 2.17. The molecule has 2 N–H and O–H groups in total. The van der Waals surface area contributed by atoms with Crippen LogP contribution in [0, 0.1) is 6.92 Å². The number of para-hydroxylation sites is 1.